The quantitative estimate of drug-likeness (QED) is 0.776. The Labute approximate surface area is 94.5 Å². The highest BCUT2D eigenvalue weighted by molar-refractivity contribution is 5.85. The van der Waals surface area contributed by atoms with Crippen LogP contribution in [0.15, 0.2) is 18.2 Å². The predicted molar refractivity (Wildman–Crippen MR) is 58.4 cm³/mol. The van der Waals surface area contributed by atoms with Crippen LogP contribution in [0.4, 0.5) is 8.78 Å². The van der Waals surface area contributed by atoms with E-state index in [1.54, 1.807) is 0 Å². The van der Waals surface area contributed by atoms with E-state index in [0.717, 1.165) is 25.7 Å². The Balaban J connectivity index is 0.00000112. The maximum Gasteiger partial charge on any atom is 0.129 e. The largest absolute Gasteiger partial charge is 0.303 e. The second-order valence-corrected chi connectivity index (χ2v) is 3.68. The molecule has 84 valence electrons. The van der Waals surface area contributed by atoms with Gasteiger partial charge in [-0.3, -0.25) is 0 Å². The van der Waals surface area contributed by atoms with E-state index in [9.17, 15) is 8.78 Å². The van der Waals surface area contributed by atoms with Crippen LogP contribution >= 0.6 is 12.4 Å². The van der Waals surface area contributed by atoms with Gasteiger partial charge in [0.1, 0.15) is 11.6 Å². The molecule has 0 radical (unpaired) electrons. The van der Waals surface area contributed by atoms with Gasteiger partial charge in [0.25, 0.3) is 0 Å². The fourth-order valence-electron chi connectivity index (χ4n) is 1.61. The minimum absolute atomic E-state index is 0. The molecule has 0 N–H and O–H groups in total. The third kappa shape index (κ3) is 3.14. The molecule has 1 aromatic carbocycles. The first kappa shape index (κ1) is 12.4. The van der Waals surface area contributed by atoms with E-state index < -0.39 is 11.6 Å². The molecule has 1 aromatic rings. The SMILES string of the molecule is Cl.Fc1ccc(CCN2CCC2)c(F)c1. The standard InChI is InChI=1S/C11H13F2N.ClH/c12-10-3-2-9(11(13)8-10)4-7-14-5-1-6-14;/h2-3,8H,1,4-7H2;1H. The maximum atomic E-state index is 13.2. The molecule has 1 heterocycles. The van der Waals surface area contributed by atoms with Gasteiger partial charge < -0.3 is 4.90 Å². The van der Waals surface area contributed by atoms with Crippen LogP contribution in [-0.4, -0.2) is 24.5 Å². The highest BCUT2D eigenvalue weighted by Gasteiger charge is 2.13. The van der Waals surface area contributed by atoms with Crippen molar-refractivity contribution in [3.63, 3.8) is 0 Å². The summed E-state index contributed by atoms with van der Waals surface area (Å²) in [6.45, 7) is 3.11. The van der Waals surface area contributed by atoms with Crippen molar-refractivity contribution < 1.29 is 8.78 Å². The molecule has 1 saturated heterocycles. The van der Waals surface area contributed by atoms with E-state index in [-0.39, 0.29) is 12.4 Å². The van der Waals surface area contributed by atoms with Gasteiger partial charge in [0, 0.05) is 12.6 Å². The highest BCUT2D eigenvalue weighted by atomic mass is 35.5. The molecule has 15 heavy (non-hydrogen) atoms. The molecule has 0 saturated carbocycles. The summed E-state index contributed by atoms with van der Waals surface area (Å²) in [7, 11) is 0. The minimum atomic E-state index is -0.504. The van der Waals surface area contributed by atoms with Crippen LogP contribution in [-0.2, 0) is 6.42 Å². The van der Waals surface area contributed by atoms with Gasteiger partial charge in [0.05, 0.1) is 0 Å². The van der Waals surface area contributed by atoms with Crippen molar-refractivity contribution in [2.75, 3.05) is 19.6 Å². The first-order valence-electron chi connectivity index (χ1n) is 4.92. The lowest BCUT2D eigenvalue weighted by Crippen LogP contribution is -2.38. The van der Waals surface area contributed by atoms with Crippen molar-refractivity contribution in [2.45, 2.75) is 12.8 Å². The fraction of sp³-hybridized carbons (Fsp3) is 0.455. The van der Waals surface area contributed by atoms with E-state index in [0.29, 0.717) is 12.0 Å². The van der Waals surface area contributed by atoms with Gasteiger partial charge in [-0.05, 0) is 37.6 Å². The Morgan fingerprint density at radius 1 is 1.20 bits per heavy atom. The van der Waals surface area contributed by atoms with Gasteiger partial charge in [-0.15, -0.1) is 12.4 Å². The lowest BCUT2D eigenvalue weighted by atomic mass is 10.1. The zero-order valence-corrected chi connectivity index (χ0v) is 9.20. The zero-order chi connectivity index (χ0) is 9.97. The summed E-state index contributed by atoms with van der Waals surface area (Å²) in [4.78, 5) is 2.27. The number of nitrogens with zero attached hydrogens (tertiary/aromatic N) is 1. The summed E-state index contributed by atoms with van der Waals surface area (Å²) in [6, 6.07) is 3.80. The number of rotatable bonds is 3. The van der Waals surface area contributed by atoms with Crippen LogP contribution < -0.4 is 0 Å². The molecule has 0 atom stereocenters. The summed E-state index contributed by atoms with van der Waals surface area (Å²) in [5.41, 5.74) is 0.610. The molecule has 1 aliphatic heterocycles. The van der Waals surface area contributed by atoms with Crippen LogP contribution in [0, 0.1) is 11.6 Å². The molecule has 4 heteroatoms. The molecule has 0 aliphatic carbocycles. The third-order valence-corrected chi connectivity index (χ3v) is 2.66. The summed E-state index contributed by atoms with van der Waals surface area (Å²) >= 11 is 0. The lowest BCUT2D eigenvalue weighted by molar-refractivity contribution is 0.183. The van der Waals surface area contributed by atoms with Gasteiger partial charge in [0.15, 0.2) is 0 Å². The molecular formula is C11H14ClF2N. The molecule has 0 bridgehead atoms. The van der Waals surface area contributed by atoms with Crippen molar-refractivity contribution in [3.05, 3.63) is 35.4 Å². The van der Waals surface area contributed by atoms with Crippen molar-refractivity contribution in [2.24, 2.45) is 0 Å². The van der Waals surface area contributed by atoms with Crippen molar-refractivity contribution in [1.29, 1.82) is 0 Å². The first-order valence-corrected chi connectivity index (χ1v) is 4.92. The maximum absolute atomic E-state index is 13.2. The summed E-state index contributed by atoms with van der Waals surface area (Å²) < 4.78 is 25.7. The Bertz CT molecular complexity index is 326. The Kier molecular flexibility index (Phi) is 4.48. The fourth-order valence-corrected chi connectivity index (χ4v) is 1.61. The number of halogens is 3. The summed E-state index contributed by atoms with van der Waals surface area (Å²) in [5, 5.41) is 0. The molecule has 0 aromatic heterocycles. The average Bonchev–Trinajstić information content (AvgIpc) is 2.05. The smallest absolute Gasteiger partial charge is 0.129 e. The monoisotopic (exact) mass is 233 g/mol. The van der Waals surface area contributed by atoms with Crippen molar-refractivity contribution in [1.82, 2.24) is 4.90 Å². The second kappa shape index (κ2) is 5.42. The lowest BCUT2D eigenvalue weighted by Gasteiger charge is -2.30. The van der Waals surface area contributed by atoms with E-state index in [1.165, 1.54) is 18.6 Å². The average molecular weight is 234 g/mol. The molecule has 1 nitrogen and oxygen atoms in total. The molecule has 1 fully saturated rings. The Morgan fingerprint density at radius 2 is 1.93 bits per heavy atom. The van der Waals surface area contributed by atoms with E-state index in [1.807, 2.05) is 0 Å². The molecule has 0 amide bonds. The van der Waals surface area contributed by atoms with Gasteiger partial charge >= 0.3 is 0 Å². The Morgan fingerprint density at radius 3 is 2.47 bits per heavy atom. The van der Waals surface area contributed by atoms with Gasteiger partial charge in [-0.1, -0.05) is 6.07 Å². The van der Waals surface area contributed by atoms with Crippen molar-refractivity contribution in [3.8, 4) is 0 Å². The number of hydrogen-bond donors (Lipinski definition) is 0. The predicted octanol–water partition coefficient (Wildman–Crippen LogP) is 2.63. The van der Waals surface area contributed by atoms with E-state index in [2.05, 4.69) is 4.90 Å². The number of hydrogen-bond acceptors (Lipinski definition) is 1. The summed E-state index contributed by atoms with van der Waals surface area (Å²) in [6.07, 6.45) is 1.91. The van der Waals surface area contributed by atoms with E-state index in [4.69, 9.17) is 0 Å². The third-order valence-electron chi connectivity index (χ3n) is 2.66. The zero-order valence-electron chi connectivity index (χ0n) is 8.38. The highest BCUT2D eigenvalue weighted by Crippen LogP contribution is 2.12. The van der Waals surface area contributed by atoms with Crippen molar-refractivity contribution >= 4 is 12.4 Å². The molecule has 2 rings (SSSR count). The van der Waals surface area contributed by atoms with Crippen LogP contribution in [0.2, 0.25) is 0 Å². The van der Waals surface area contributed by atoms with Crippen LogP contribution in [0.1, 0.15) is 12.0 Å². The topological polar surface area (TPSA) is 3.24 Å². The first-order chi connectivity index (χ1) is 6.75. The van der Waals surface area contributed by atoms with Crippen LogP contribution in [0.25, 0.3) is 0 Å². The molecule has 0 unspecified atom stereocenters. The molecular weight excluding hydrogens is 220 g/mol. The van der Waals surface area contributed by atoms with Gasteiger partial charge in [0.2, 0.25) is 0 Å². The van der Waals surface area contributed by atoms with E-state index >= 15 is 0 Å². The number of benzene rings is 1. The molecule has 0 spiro atoms. The number of likely N-dealkylation sites (tertiary alicyclic amines) is 1. The van der Waals surface area contributed by atoms with Gasteiger partial charge in [-0.2, -0.15) is 0 Å². The van der Waals surface area contributed by atoms with Crippen LogP contribution in [0.5, 0.6) is 0 Å². The van der Waals surface area contributed by atoms with Crippen LogP contribution in [0.3, 0.4) is 0 Å². The minimum Gasteiger partial charge on any atom is -0.303 e. The molecule has 1 aliphatic rings. The van der Waals surface area contributed by atoms with Gasteiger partial charge in [-0.25, -0.2) is 8.78 Å². The summed E-state index contributed by atoms with van der Waals surface area (Å²) in [5.74, 6) is -0.930. The Hall–Kier alpha value is -0.670. The second-order valence-electron chi connectivity index (χ2n) is 3.68. The normalized spacial score (nSPS) is 15.6.